The Morgan fingerprint density at radius 3 is 1.18 bits per heavy atom. The summed E-state index contributed by atoms with van der Waals surface area (Å²) in [6.07, 6.45) is 65.3. The molecule has 2 saturated heterocycles. The Hall–Kier alpha value is -2.57. The molecular formula is C76H137NO13. The molecule has 0 bridgehead atoms. The minimum atomic E-state index is -1.79. The van der Waals surface area contributed by atoms with Crippen LogP contribution in [0.4, 0.5) is 0 Å². The Morgan fingerprint density at radius 2 is 0.767 bits per heavy atom. The van der Waals surface area contributed by atoms with Crippen LogP contribution >= 0.6 is 0 Å². The van der Waals surface area contributed by atoms with Crippen molar-refractivity contribution in [2.75, 3.05) is 19.8 Å². The minimum Gasteiger partial charge on any atom is -0.394 e. The molecule has 90 heavy (non-hydrogen) atoms. The van der Waals surface area contributed by atoms with Crippen molar-refractivity contribution in [2.24, 2.45) is 0 Å². The second kappa shape index (κ2) is 60.1. The van der Waals surface area contributed by atoms with Crippen LogP contribution in [0.15, 0.2) is 72.9 Å². The number of hydrogen-bond acceptors (Lipinski definition) is 13. The molecule has 1 amide bonds. The molecule has 14 heteroatoms. The summed E-state index contributed by atoms with van der Waals surface area (Å²) in [5.74, 6) is -0.245. The summed E-state index contributed by atoms with van der Waals surface area (Å²) in [6, 6.07) is -0.924. The molecule has 0 aromatic rings. The van der Waals surface area contributed by atoms with Gasteiger partial charge in [0.15, 0.2) is 12.6 Å². The highest BCUT2D eigenvalue weighted by molar-refractivity contribution is 5.76. The molecule has 524 valence electrons. The zero-order chi connectivity index (χ0) is 65.2. The third-order valence-electron chi connectivity index (χ3n) is 17.9. The van der Waals surface area contributed by atoms with Gasteiger partial charge in [0.1, 0.15) is 48.8 Å². The van der Waals surface area contributed by atoms with Gasteiger partial charge in [0.25, 0.3) is 0 Å². The number of rotatable bonds is 61. The number of amides is 1. The minimum absolute atomic E-state index is 0.245. The fourth-order valence-corrected chi connectivity index (χ4v) is 12.0. The highest BCUT2D eigenvalue weighted by Crippen LogP contribution is 2.30. The Balaban J connectivity index is 1.66. The number of unbranched alkanes of at least 4 members (excludes halogenated alkanes) is 38. The molecule has 0 aliphatic carbocycles. The molecule has 9 N–H and O–H groups in total. The zero-order valence-corrected chi connectivity index (χ0v) is 57.1. The topological polar surface area (TPSA) is 228 Å². The lowest BCUT2D eigenvalue weighted by atomic mass is 9.97. The maximum atomic E-state index is 13.3. The molecule has 2 aliphatic rings. The molecule has 0 spiro atoms. The number of allylic oxidation sites excluding steroid dienone is 11. The van der Waals surface area contributed by atoms with Crippen LogP contribution in [0.3, 0.4) is 0 Å². The average Bonchev–Trinajstić information content (AvgIpc) is 1.41. The first kappa shape index (κ1) is 83.5. The number of nitrogens with one attached hydrogen (secondary N) is 1. The largest absolute Gasteiger partial charge is 0.394 e. The quantitative estimate of drug-likeness (QED) is 0.0204. The molecule has 2 aliphatic heterocycles. The lowest BCUT2D eigenvalue weighted by Gasteiger charge is -2.46. The van der Waals surface area contributed by atoms with Crippen molar-refractivity contribution in [3.05, 3.63) is 72.9 Å². The second-order valence-electron chi connectivity index (χ2n) is 26.0. The van der Waals surface area contributed by atoms with Gasteiger partial charge in [0.05, 0.1) is 32.0 Å². The molecule has 0 saturated carbocycles. The first-order valence-electron chi connectivity index (χ1n) is 37.2. The van der Waals surface area contributed by atoms with E-state index in [1.807, 2.05) is 6.08 Å². The SMILES string of the molecule is CC/C=C\C/C=C\C/C=C\C/C=C\C/C=C\CCCCCCCCCCCC(=O)NC(COC1OC(CO)C(OC2OC(CO)C(O)C(O)C2O)C(O)C1O)C(O)/C=C/CCCCCCCCCCCCCCCCCCCCCCCCCCCCCCC. The third kappa shape index (κ3) is 43.4. The molecule has 2 rings (SSSR count). The second-order valence-corrected chi connectivity index (χ2v) is 26.0. The number of aliphatic hydroxyl groups excluding tert-OH is 8. The molecular weight excluding hydrogens is 1130 g/mol. The lowest BCUT2D eigenvalue weighted by Crippen LogP contribution is -2.65. The predicted octanol–water partition coefficient (Wildman–Crippen LogP) is 15.8. The fourth-order valence-electron chi connectivity index (χ4n) is 12.0. The summed E-state index contributed by atoms with van der Waals surface area (Å²) >= 11 is 0. The van der Waals surface area contributed by atoms with Crippen LogP contribution in [0.5, 0.6) is 0 Å². The standard InChI is InChI=1S/C76H137NO13/c1-3-5-7-9-11-13-15-17-19-21-23-25-27-29-30-31-32-33-34-36-37-39-41-43-45-47-49-51-53-55-57-59-65(80)64(63-87-75-73(86)71(84)74(67(62-79)89-75)90-76-72(85)70(83)69(82)66(61-78)88-76)77-68(81)60-58-56-54-52-50-48-46-44-42-40-38-35-28-26-24-22-20-18-16-14-12-10-8-6-4-2/h6,8,12,14,18,20,24,26,35,38,57,59,64-67,69-76,78-80,82-86H,3-5,7,9-11,13,15-17,19,21-23,25,27-34,36-37,39-56,58,60-63H2,1-2H3,(H,77,81)/b8-6-,14-12-,20-18-,26-24-,38-35-,59-57+. The van der Waals surface area contributed by atoms with E-state index in [0.29, 0.717) is 6.42 Å². The number of carbonyl (C=O) groups is 1. The van der Waals surface area contributed by atoms with Crippen LogP contribution in [0.25, 0.3) is 0 Å². The van der Waals surface area contributed by atoms with E-state index in [0.717, 1.165) is 77.0 Å². The van der Waals surface area contributed by atoms with Gasteiger partial charge < -0.3 is 65.1 Å². The van der Waals surface area contributed by atoms with E-state index < -0.39 is 86.8 Å². The maximum absolute atomic E-state index is 13.3. The summed E-state index contributed by atoms with van der Waals surface area (Å²) in [4.78, 5) is 13.3. The van der Waals surface area contributed by atoms with Crippen molar-refractivity contribution in [2.45, 2.75) is 383 Å². The van der Waals surface area contributed by atoms with E-state index in [-0.39, 0.29) is 18.9 Å². The number of aliphatic hydroxyl groups is 8. The van der Waals surface area contributed by atoms with Gasteiger partial charge in [0.2, 0.25) is 5.91 Å². The van der Waals surface area contributed by atoms with Gasteiger partial charge >= 0.3 is 0 Å². The summed E-state index contributed by atoms with van der Waals surface area (Å²) in [5, 5.41) is 87.6. The Bertz CT molecular complexity index is 1790. The van der Waals surface area contributed by atoms with E-state index in [2.05, 4.69) is 79.9 Å². The molecule has 2 fully saturated rings. The predicted molar refractivity (Wildman–Crippen MR) is 369 cm³/mol. The maximum Gasteiger partial charge on any atom is 0.220 e. The van der Waals surface area contributed by atoms with Crippen LogP contribution in [0.1, 0.15) is 309 Å². The van der Waals surface area contributed by atoms with Gasteiger partial charge in [0, 0.05) is 6.42 Å². The molecule has 12 atom stereocenters. The van der Waals surface area contributed by atoms with Gasteiger partial charge in [-0.15, -0.1) is 0 Å². The van der Waals surface area contributed by atoms with Gasteiger partial charge in [-0.05, 0) is 64.2 Å². The number of hydrogen-bond donors (Lipinski definition) is 9. The molecule has 12 unspecified atom stereocenters. The Morgan fingerprint density at radius 1 is 0.411 bits per heavy atom. The van der Waals surface area contributed by atoms with E-state index in [9.17, 15) is 45.6 Å². The summed E-state index contributed by atoms with van der Waals surface area (Å²) in [5.41, 5.74) is 0. The van der Waals surface area contributed by atoms with Crippen molar-refractivity contribution in [3.63, 3.8) is 0 Å². The highest BCUT2D eigenvalue weighted by Gasteiger charge is 2.51. The Kier molecular flexibility index (Phi) is 55.8. The summed E-state index contributed by atoms with van der Waals surface area (Å²) in [7, 11) is 0. The molecule has 2 heterocycles. The molecule has 0 aromatic heterocycles. The monoisotopic (exact) mass is 1270 g/mol. The van der Waals surface area contributed by atoms with Gasteiger partial charge in [-0.3, -0.25) is 4.79 Å². The Labute approximate surface area is 548 Å². The lowest BCUT2D eigenvalue weighted by molar-refractivity contribution is -0.359. The zero-order valence-electron chi connectivity index (χ0n) is 57.1. The van der Waals surface area contributed by atoms with E-state index in [1.54, 1.807) is 6.08 Å². The van der Waals surface area contributed by atoms with Gasteiger partial charge in [-0.2, -0.15) is 0 Å². The van der Waals surface area contributed by atoms with Gasteiger partial charge in [-0.25, -0.2) is 0 Å². The van der Waals surface area contributed by atoms with E-state index in [1.165, 1.54) is 205 Å². The first-order chi connectivity index (χ1) is 44.1. The third-order valence-corrected chi connectivity index (χ3v) is 17.9. The molecule has 0 aromatic carbocycles. The van der Waals surface area contributed by atoms with Crippen molar-refractivity contribution < 1.29 is 64.6 Å². The van der Waals surface area contributed by atoms with Crippen LogP contribution in [0.2, 0.25) is 0 Å². The van der Waals surface area contributed by atoms with Gasteiger partial charge in [-0.1, -0.05) is 311 Å². The average molecular weight is 1270 g/mol. The van der Waals surface area contributed by atoms with E-state index >= 15 is 0 Å². The van der Waals surface area contributed by atoms with Crippen molar-refractivity contribution in [1.29, 1.82) is 0 Å². The highest BCUT2D eigenvalue weighted by atomic mass is 16.7. The number of ether oxygens (including phenoxy) is 4. The van der Waals surface area contributed by atoms with E-state index in [4.69, 9.17) is 18.9 Å². The first-order valence-corrected chi connectivity index (χ1v) is 37.2. The smallest absolute Gasteiger partial charge is 0.220 e. The fraction of sp³-hybridized carbons (Fsp3) is 0.829. The van der Waals surface area contributed by atoms with Crippen LogP contribution in [-0.2, 0) is 23.7 Å². The normalized spacial score (nSPS) is 23.3. The molecule has 0 radical (unpaired) electrons. The van der Waals surface area contributed by atoms with Crippen molar-refractivity contribution in [3.8, 4) is 0 Å². The number of carbonyl (C=O) groups excluding carboxylic acids is 1. The van der Waals surface area contributed by atoms with Crippen LogP contribution in [0, 0.1) is 0 Å². The summed E-state index contributed by atoms with van der Waals surface area (Å²) < 4.78 is 22.9. The summed E-state index contributed by atoms with van der Waals surface area (Å²) in [6.45, 7) is 2.72. The van der Waals surface area contributed by atoms with Crippen LogP contribution in [-0.4, -0.2) is 140 Å². The van der Waals surface area contributed by atoms with Crippen LogP contribution < -0.4 is 5.32 Å². The van der Waals surface area contributed by atoms with Crippen molar-refractivity contribution >= 4 is 5.91 Å². The van der Waals surface area contributed by atoms with Crippen molar-refractivity contribution in [1.82, 2.24) is 5.32 Å². The molecule has 14 nitrogen and oxygen atoms in total.